The number of halogens is 1. The van der Waals surface area contributed by atoms with Gasteiger partial charge in [-0.2, -0.15) is 0 Å². The number of piperidine rings is 2. The van der Waals surface area contributed by atoms with Crippen LogP contribution in [0, 0.1) is 3.57 Å². The normalized spacial score (nSPS) is 29.9. The molecule has 0 N–H and O–H groups in total. The number of hydrogen-bond acceptors (Lipinski definition) is 1. The monoisotopic (exact) mass is 341 g/mol. The van der Waals surface area contributed by atoms with Gasteiger partial charge in [0.1, 0.15) is 0 Å². The fourth-order valence-electron chi connectivity index (χ4n) is 3.54. The summed E-state index contributed by atoms with van der Waals surface area (Å²) in [7, 11) is 0. The van der Waals surface area contributed by atoms with E-state index in [9.17, 15) is 0 Å². The quantitative estimate of drug-likeness (QED) is 0.686. The molecule has 0 amide bonds. The molecule has 0 spiro atoms. The van der Waals surface area contributed by atoms with E-state index in [4.69, 9.17) is 0 Å². The van der Waals surface area contributed by atoms with Gasteiger partial charge in [0.15, 0.2) is 0 Å². The second-order valence-corrected chi connectivity index (χ2v) is 6.52. The summed E-state index contributed by atoms with van der Waals surface area (Å²) in [5.74, 6) is 0. The highest BCUT2D eigenvalue weighted by molar-refractivity contribution is 14.1. The van der Waals surface area contributed by atoms with Gasteiger partial charge in [0.2, 0.25) is 0 Å². The molecule has 2 aliphatic rings. The molecular weight excluding hydrogens is 321 g/mol. The highest BCUT2D eigenvalue weighted by Crippen LogP contribution is 2.39. The van der Waals surface area contributed by atoms with Crippen molar-refractivity contribution < 1.29 is 0 Å². The first kappa shape index (κ1) is 12.0. The molecule has 0 radical (unpaired) electrons. The standard InChI is InChI=1S/C15H20IN/c16-14-9-2-1-8-13(14)15-10-5-7-12-6-3-4-11-17(12)15/h1-2,8-9,12,15H,3-7,10-11H2/t12-,15-/m1/s1. The predicted molar refractivity (Wildman–Crippen MR) is 80.1 cm³/mol. The van der Waals surface area contributed by atoms with Crippen molar-refractivity contribution in [1.29, 1.82) is 0 Å². The average molecular weight is 341 g/mol. The molecular formula is C15H20IN. The van der Waals surface area contributed by atoms with Gasteiger partial charge in [-0.1, -0.05) is 24.6 Å². The minimum absolute atomic E-state index is 0.696. The molecule has 3 rings (SSSR count). The van der Waals surface area contributed by atoms with Crippen LogP contribution in [0.15, 0.2) is 24.3 Å². The molecule has 2 atom stereocenters. The Morgan fingerprint density at radius 1 is 1.00 bits per heavy atom. The maximum absolute atomic E-state index is 2.80. The first-order valence-corrected chi connectivity index (χ1v) is 7.94. The number of benzene rings is 1. The topological polar surface area (TPSA) is 3.24 Å². The van der Waals surface area contributed by atoms with Gasteiger partial charge in [0.25, 0.3) is 0 Å². The van der Waals surface area contributed by atoms with Crippen LogP contribution >= 0.6 is 22.6 Å². The van der Waals surface area contributed by atoms with Crippen LogP contribution < -0.4 is 0 Å². The van der Waals surface area contributed by atoms with E-state index in [0.29, 0.717) is 6.04 Å². The Hall–Kier alpha value is -0.0900. The number of fused-ring (bicyclic) bond motifs is 1. The summed E-state index contributed by atoms with van der Waals surface area (Å²) in [6.45, 7) is 1.32. The lowest BCUT2D eigenvalue weighted by Gasteiger charge is -2.45. The fourth-order valence-corrected chi connectivity index (χ4v) is 4.28. The zero-order valence-corrected chi connectivity index (χ0v) is 12.4. The molecule has 2 fully saturated rings. The van der Waals surface area contributed by atoms with Crippen molar-refractivity contribution >= 4 is 22.6 Å². The molecule has 2 saturated heterocycles. The van der Waals surface area contributed by atoms with Crippen LogP contribution in [0.4, 0.5) is 0 Å². The van der Waals surface area contributed by atoms with Gasteiger partial charge in [-0.05, 0) is 72.9 Å². The maximum atomic E-state index is 2.80. The zero-order valence-electron chi connectivity index (χ0n) is 10.2. The molecule has 0 unspecified atom stereocenters. The average Bonchev–Trinajstić information content (AvgIpc) is 2.39. The summed E-state index contributed by atoms with van der Waals surface area (Å²) in [5.41, 5.74) is 1.57. The van der Waals surface area contributed by atoms with E-state index >= 15 is 0 Å². The predicted octanol–water partition coefficient (Wildman–Crippen LogP) is 4.37. The van der Waals surface area contributed by atoms with Gasteiger partial charge in [0.05, 0.1) is 0 Å². The zero-order chi connectivity index (χ0) is 11.7. The summed E-state index contributed by atoms with van der Waals surface area (Å²) in [6.07, 6.45) is 8.48. The van der Waals surface area contributed by atoms with Crippen LogP contribution in [-0.4, -0.2) is 17.5 Å². The van der Waals surface area contributed by atoms with Crippen molar-refractivity contribution in [3.8, 4) is 0 Å². The van der Waals surface area contributed by atoms with Crippen LogP contribution in [0.1, 0.15) is 50.1 Å². The summed E-state index contributed by atoms with van der Waals surface area (Å²) >= 11 is 2.50. The van der Waals surface area contributed by atoms with Gasteiger partial charge in [0, 0.05) is 15.7 Å². The van der Waals surface area contributed by atoms with Crippen molar-refractivity contribution in [2.45, 2.75) is 50.6 Å². The lowest BCUT2D eigenvalue weighted by molar-refractivity contribution is 0.0515. The van der Waals surface area contributed by atoms with Gasteiger partial charge in [-0.15, -0.1) is 0 Å². The smallest absolute Gasteiger partial charge is 0.0361 e. The van der Waals surface area contributed by atoms with Crippen molar-refractivity contribution in [3.05, 3.63) is 33.4 Å². The molecule has 1 nitrogen and oxygen atoms in total. The van der Waals surface area contributed by atoms with Crippen LogP contribution in [0.25, 0.3) is 0 Å². The molecule has 0 saturated carbocycles. The summed E-state index contributed by atoms with van der Waals surface area (Å²) in [4.78, 5) is 2.80. The highest BCUT2D eigenvalue weighted by Gasteiger charge is 2.33. The van der Waals surface area contributed by atoms with Gasteiger partial charge >= 0.3 is 0 Å². The third-order valence-electron chi connectivity index (χ3n) is 4.35. The number of nitrogens with zero attached hydrogens (tertiary/aromatic N) is 1. The Morgan fingerprint density at radius 3 is 2.71 bits per heavy atom. The number of rotatable bonds is 1. The van der Waals surface area contributed by atoms with Crippen molar-refractivity contribution in [2.24, 2.45) is 0 Å². The Morgan fingerprint density at radius 2 is 1.82 bits per heavy atom. The molecule has 2 aliphatic heterocycles. The molecule has 0 bridgehead atoms. The van der Waals surface area contributed by atoms with E-state index in [2.05, 4.69) is 51.8 Å². The lowest BCUT2D eigenvalue weighted by Crippen LogP contribution is -2.44. The first-order chi connectivity index (χ1) is 8.36. The first-order valence-electron chi connectivity index (χ1n) is 6.86. The van der Waals surface area contributed by atoms with E-state index in [0.717, 1.165) is 6.04 Å². The van der Waals surface area contributed by atoms with Gasteiger partial charge in [-0.3, -0.25) is 4.90 Å². The van der Waals surface area contributed by atoms with Crippen LogP contribution in [0.2, 0.25) is 0 Å². The summed E-state index contributed by atoms with van der Waals surface area (Å²) in [6, 6.07) is 10.5. The largest absolute Gasteiger partial charge is 0.293 e. The van der Waals surface area contributed by atoms with Crippen LogP contribution in [-0.2, 0) is 0 Å². The van der Waals surface area contributed by atoms with Crippen LogP contribution in [0.3, 0.4) is 0 Å². The van der Waals surface area contributed by atoms with Gasteiger partial charge < -0.3 is 0 Å². The Bertz CT molecular complexity index is 388. The summed E-state index contributed by atoms with van der Waals surface area (Å²) < 4.78 is 1.45. The second kappa shape index (κ2) is 5.27. The minimum atomic E-state index is 0.696. The third kappa shape index (κ3) is 2.39. The SMILES string of the molecule is Ic1ccccc1[C@H]1CCC[C@H]2CCCCN21. The van der Waals surface area contributed by atoms with Crippen LogP contribution in [0.5, 0.6) is 0 Å². The molecule has 2 heteroatoms. The fraction of sp³-hybridized carbons (Fsp3) is 0.600. The molecule has 2 heterocycles. The number of hydrogen-bond donors (Lipinski definition) is 0. The minimum Gasteiger partial charge on any atom is -0.293 e. The van der Waals surface area contributed by atoms with Crippen molar-refractivity contribution in [1.82, 2.24) is 4.90 Å². The molecule has 92 valence electrons. The van der Waals surface area contributed by atoms with Crippen molar-refractivity contribution in [3.63, 3.8) is 0 Å². The van der Waals surface area contributed by atoms with Crippen molar-refractivity contribution in [2.75, 3.05) is 6.54 Å². The lowest BCUT2D eigenvalue weighted by atomic mass is 9.86. The Kier molecular flexibility index (Phi) is 3.71. The molecule has 1 aromatic rings. The Labute approximate surface area is 118 Å². The third-order valence-corrected chi connectivity index (χ3v) is 5.33. The van der Waals surface area contributed by atoms with E-state index in [1.54, 1.807) is 5.56 Å². The second-order valence-electron chi connectivity index (χ2n) is 5.36. The molecule has 1 aromatic carbocycles. The van der Waals surface area contributed by atoms with E-state index < -0.39 is 0 Å². The van der Waals surface area contributed by atoms with E-state index in [1.807, 2.05) is 0 Å². The highest BCUT2D eigenvalue weighted by atomic mass is 127. The Balaban J connectivity index is 1.88. The molecule has 17 heavy (non-hydrogen) atoms. The molecule has 0 aromatic heterocycles. The van der Waals surface area contributed by atoms with E-state index in [-0.39, 0.29) is 0 Å². The maximum Gasteiger partial charge on any atom is 0.0361 e. The van der Waals surface area contributed by atoms with E-state index in [1.165, 1.54) is 48.6 Å². The summed E-state index contributed by atoms with van der Waals surface area (Å²) in [5, 5.41) is 0. The van der Waals surface area contributed by atoms with Gasteiger partial charge in [-0.25, -0.2) is 0 Å². The molecule has 0 aliphatic carbocycles.